The highest BCUT2D eigenvalue weighted by Gasteiger charge is 2.06. The molecule has 1 heterocycles. The average molecular weight is 203 g/mol. The number of aryl methyl sites for hydroxylation is 1. The van der Waals surface area contributed by atoms with E-state index in [0.717, 1.165) is 0 Å². The first-order valence-electron chi connectivity index (χ1n) is 3.82. The van der Waals surface area contributed by atoms with Crippen molar-refractivity contribution < 1.29 is 17.5 Å². The Morgan fingerprint density at radius 2 is 1.92 bits per heavy atom. The molecular weight excluding hydrogens is 192 g/mol. The number of nitrogens with zero attached hydrogens (tertiary/aromatic N) is 2. The summed E-state index contributed by atoms with van der Waals surface area (Å²) < 4.78 is 31.0. The van der Waals surface area contributed by atoms with Gasteiger partial charge in [0.2, 0.25) is 0 Å². The van der Waals surface area contributed by atoms with Crippen LogP contribution in [0.4, 0.5) is 0 Å². The zero-order valence-corrected chi connectivity index (χ0v) is 7.81. The molecule has 0 aliphatic rings. The van der Waals surface area contributed by atoms with Crippen LogP contribution in [0.25, 0.3) is 0 Å². The number of rotatable bonds is 4. The fourth-order valence-corrected chi connectivity index (χ4v) is 1.42. The molecule has 0 aromatic carbocycles. The van der Waals surface area contributed by atoms with Crippen molar-refractivity contribution in [1.82, 2.24) is 4.98 Å². The lowest BCUT2D eigenvalue weighted by Gasteiger charge is -1.94. The normalized spacial score (nSPS) is 11.5. The Morgan fingerprint density at radius 1 is 1.31 bits per heavy atom. The summed E-state index contributed by atoms with van der Waals surface area (Å²) in [5.41, 5.74) is 0. The van der Waals surface area contributed by atoms with Crippen molar-refractivity contribution in [3.8, 4) is 0 Å². The van der Waals surface area contributed by atoms with Gasteiger partial charge in [0.05, 0.1) is 18.1 Å². The maximum absolute atomic E-state index is 10.4. The van der Waals surface area contributed by atoms with Crippen LogP contribution in [0.15, 0.2) is 24.8 Å². The Balaban J connectivity index is 2.37. The fraction of sp³-hybridized carbons (Fsp3) is 0.429. The van der Waals surface area contributed by atoms with Gasteiger partial charge in [-0.2, -0.15) is 8.42 Å². The Hall–Kier alpha value is -1.01. The highest BCUT2D eigenvalue weighted by molar-refractivity contribution is 7.85. The minimum absolute atomic E-state index is 0.206. The molecule has 0 saturated carbocycles. The predicted molar refractivity (Wildman–Crippen MR) is 45.5 cm³/mol. The van der Waals surface area contributed by atoms with E-state index in [4.69, 9.17) is 4.55 Å². The molecular formula is C7H11N2O3S+. The van der Waals surface area contributed by atoms with Crippen LogP contribution in [0, 0.1) is 0 Å². The minimum Gasteiger partial charge on any atom is -0.286 e. The minimum atomic E-state index is -3.82. The van der Waals surface area contributed by atoms with Gasteiger partial charge in [0.1, 0.15) is 6.54 Å². The zero-order valence-electron chi connectivity index (χ0n) is 7.00. The van der Waals surface area contributed by atoms with Crippen LogP contribution in [-0.4, -0.2) is 23.7 Å². The maximum Gasteiger partial charge on any atom is 0.265 e. The van der Waals surface area contributed by atoms with E-state index in [1.54, 1.807) is 29.4 Å². The Labute approximate surface area is 76.8 Å². The topological polar surface area (TPSA) is 71.1 Å². The fourth-order valence-electron chi connectivity index (χ4n) is 0.926. The second-order valence-corrected chi connectivity index (χ2v) is 4.19. The van der Waals surface area contributed by atoms with Crippen LogP contribution in [0.5, 0.6) is 0 Å². The maximum atomic E-state index is 10.4. The lowest BCUT2D eigenvalue weighted by Crippen LogP contribution is -2.33. The van der Waals surface area contributed by atoms with Gasteiger partial charge >= 0.3 is 0 Å². The van der Waals surface area contributed by atoms with E-state index in [0.29, 0.717) is 13.0 Å². The van der Waals surface area contributed by atoms with Crippen molar-refractivity contribution >= 4 is 10.1 Å². The molecule has 0 fully saturated rings. The Morgan fingerprint density at radius 3 is 2.46 bits per heavy atom. The van der Waals surface area contributed by atoms with Crippen molar-refractivity contribution in [3.63, 3.8) is 0 Å². The third kappa shape index (κ3) is 4.54. The van der Waals surface area contributed by atoms with Crippen molar-refractivity contribution in [2.45, 2.75) is 13.0 Å². The van der Waals surface area contributed by atoms with Gasteiger partial charge in [-0.15, -0.1) is 0 Å². The van der Waals surface area contributed by atoms with Gasteiger partial charge in [0.25, 0.3) is 10.1 Å². The molecule has 6 heteroatoms. The SMILES string of the molecule is O=S(=O)(O)CCC[n+]1ccncc1. The van der Waals surface area contributed by atoms with E-state index in [1.807, 2.05) is 0 Å². The molecule has 0 unspecified atom stereocenters. The van der Waals surface area contributed by atoms with Gasteiger partial charge in [0.15, 0.2) is 12.4 Å². The van der Waals surface area contributed by atoms with Crippen LogP contribution < -0.4 is 4.57 Å². The number of hydrogen-bond acceptors (Lipinski definition) is 3. The third-order valence-corrected chi connectivity index (χ3v) is 2.31. The average Bonchev–Trinajstić information content (AvgIpc) is 2.04. The lowest BCUT2D eigenvalue weighted by molar-refractivity contribution is -0.697. The van der Waals surface area contributed by atoms with Gasteiger partial charge in [-0.3, -0.25) is 9.54 Å². The molecule has 0 radical (unpaired) electrons. The van der Waals surface area contributed by atoms with Crippen LogP contribution in [0.3, 0.4) is 0 Å². The quantitative estimate of drug-likeness (QED) is 0.536. The van der Waals surface area contributed by atoms with Crippen molar-refractivity contribution in [2.24, 2.45) is 0 Å². The number of aromatic nitrogens is 2. The van der Waals surface area contributed by atoms with Gasteiger partial charge in [-0.25, -0.2) is 4.57 Å². The largest absolute Gasteiger partial charge is 0.286 e. The van der Waals surface area contributed by atoms with Crippen LogP contribution in [0.2, 0.25) is 0 Å². The van der Waals surface area contributed by atoms with Crippen LogP contribution in [0.1, 0.15) is 6.42 Å². The molecule has 1 aromatic heterocycles. The molecule has 1 aromatic rings. The van der Waals surface area contributed by atoms with Crippen LogP contribution >= 0.6 is 0 Å². The second-order valence-electron chi connectivity index (χ2n) is 2.62. The molecule has 0 bridgehead atoms. The summed E-state index contributed by atoms with van der Waals surface area (Å²) in [6.45, 7) is 0.558. The summed E-state index contributed by atoms with van der Waals surface area (Å²) in [6.07, 6.45) is 7.11. The van der Waals surface area contributed by atoms with Gasteiger partial charge in [-0.05, 0) is 0 Å². The zero-order chi connectivity index (χ0) is 9.73. The van der Waals surface area contributed by atoms with Crippen molar-refractivity contribution in [2.75, 3.05) is 5.75 Å². The predicted octanol–water partition coefficient (Wildman–Crippen LogP) is -0.353. The molecule has 1 rings (SSSR count). The van der Waals surface area contributed by atoms with Crippen molar-refractivity contribution in [3.05, 3.63) is 24.8 Å². The highest BCUT2D eigenvalue weighted by Crippen LogP contribution is 1.87. The molecule has 0 saturated heterocycles. The Bertz CT molecular complexity index is 349. The first kappa shape index (κ1) is 10.1. The van der Waals surface area contributed by atoms with E-state index < -0.39 is 10.1 Å². The summed E-state index contributed by atoms with van der Waals surface area (Å²) in [4.78, 5) is 3.81. The monoisotopic (exact) mass is 203 g/mol. The van der Waals surface area contributed by atoms with Crippen molar-refractivity contribution in [1.29, 1.82) is 0 Å². The highest BCUT2D eigenvalue weighted by atomic mass is 32.2. The molecule has 72 valence electrons. The number of hydrogen-bond donors (Lipinski definition) is 1. The molecule has 0 aliphatic heterocycles. The standard InChI is InChI=1S/C7H10N2O3S/c10-13(11,12)7-1-4-9-5-2-8-3-6-9/h2-3,5-6H,1,4,7H2/p+1. The van der Waals surface area contributed by atoms with Gasteiger partial charge < -0.3 is 0 Å². The third-order valence-electron chi connectivity index (χ3n) is 1.51. The van der Waals surface area contributed by atoms with Crippen LogP contribution in [-0.2, 0) is 16.7 Å². The molecule has 0 aliphatic carbocycles. The second kappa shape index (κ2) is 4.29. The molecule has 0 amide bonds. The first-order chi connectivity index (χ1) is 6.08. The van der Waals surface area contributed by atoms with E-state index in [1.165, 1.54) is 0 Å². The summed E-state index contributed by atoms with van der Waals surface area (Å²) in [5.74, 6) is -0.206. The first-order valence-corrected chi connectivity index (χ1v) is 5.43. The molecule has 0 atom stereocenters. The Kier molecular flexibility index (Phi) is 3.32. The summed E-state index contributed by atoms with van der Waals surface area (Å²) in [5, 5.41) is 0. The van der Waals surface area contributed by atoms with E-state index >= 15 is 0 Å². The summed E-state index contributed by atoms with van der Waals surface area (Å²) >= 11 is 0. The molecule has 5 nitrogen and oxygen atoms in total. The molecule has 13 heavy (non-hydrogen) atoms. The lowest BCUT2D eigenvalue weighted by atomic mass is 10.5. The summed E-state index contributed by atoms with van der Waals surface area (Å²) in [7, 11) is -3.82. The molecule has 0 spiro atoms. The van der Waals surface area contributed by atoms with Gasteiger partial charge in [0, 0.05) is 6.42 Å². The molecule has 1 N–H and O–H groups in total. The van der Waals surface area contributed by atoms with E-state index in [-0.39, 0.29) is 5.75 Å². The van der Waals surface area contributed by atoms with E-state index in [2.05, 4.69) is 4.98 Å². The van der Waals surface area contributed by atoms with Gasteiger partial charge in [-0.1, -0.05) is 0 Å². The summed E-state index contributed by atoms with van der Waals surface area (Å²) in [6, 6.07) is 0. The smallest absolute Gasteiger partial charge is 0.265 e. The van der Waals surface area contributed by atoms with E-state index in [9.17, 15) is 8.42 Å².